The van der Waals surface area contributed by atoms with E-state index in [2.05, 4.69) is 41.0 Å². The highest BCUT2D eigenvalue weighted by atomic mass is 16.6. The number of hydrogen-bond donors (Lipinski definition) is 2. The van der Waals surface area contributed by atoms with Gasteiger partial charge in [0, 0.05) is 27.0 Å². The maximum Gasteiger partial charge on any atom is 0.409 e. The van der Waals surface area contributed by atoms with Gasteiger partial charge in [-0.2, -0.15) is 0 Å². The molecule has 2 unspecified atom stereocenters. The van der Waals surface area contributed by atoms with Crippen LogP contribution in [0.5, 0.6) is 0 Å². The third-order valence-electron chi connectivity index (χ3n) is 6.25. The highest BCUT2D eigenvalue weighted by molar-refractivity contribution is 5.74. The molecule has 3 amide bonds. The summed E-state index contributed by atoms with van der Waals surface area (Å²) in [6.07, 6.45) is 5.42. The van der Waals surface area contributed by atoms with Gasteiger partial charge < -0.3 is 19.7 Å². The highest BCUT2D eigenvalue weighted by Crippen LogP contribution is 2.34. The molecule has 7 nitrogen and oxygen atoms in total. The Hall–Kier alpha value is -2.28. The number of alkyl carbamates (subject to hydrolysis) is 1. The molecule has 2 atom stereocenters. The van der Waals surface area contributed by atoms with Crippen molar-refractivity contribution in [2.24, 2.45) is 5.92 Å². The molecule has 3 rings (SSSR count). The number of urea groups is 1. The summed E-state index contributed by atoms with van der Waals surface area (Å²) in [5.74, 6) is 0.773. The van der Waals surface area contributed by atoms with Gasteiger partial charge in [-0.25, -0.2) is 9.59 Å². The largest absolute Gasteiger partial charge is 0.449 e. The monoisotopic (exact) mass is 433 g/mol. The van der Waals surface area contributed by atoms with E-state index in [0.717, 1.165) is 45.1 Å². The Balaban J connectivity index is 0.00000363. The first kappa shape index (κ1) is 23.4. The van der Waals surface area contributed by atoms with E-state index >= 15 is 0 Å². The predicted octanol–water partition coefficient (Wildman–Crippen LogP) is 4.49. The van der Waals surface area contributed by atoms with Crippen molar-refractivity contribution in [3.05, 3.63) is 35.9 Å². The number of rotatable bonds is 7. The number of benzene rings is 1. The van der Waals surface area contributed by atoms with E-state index in [-0.39, 0.29) is 25.7 Å². The molecule has 1 saturated heterocycles. The van der Waals surface area contributed by atoms with Crippen molar-refractivity contribution in [3.8, 4) is 0 Å². The maximum absolute atomic E-state index is 12.2. The van der Waals surface area contributed by atoms with Crippen LogP contribution in [0.15, 0.2) is 30.3 Å². The molecule has 0 aromatic heterocycles. The van der Waals surface area contributed by atoms with Crippen LogP contribution in [-0.4, -0.2) is 55.6 Å². The van der Waals surface area contributed by atoms with Gasteiger partial charge in [0.15, 0.2) is 0 Å². The molecular formula is C24H39N3O4. The number of nitrogens with one attached hydrogen (secondary N) is 2. The zero-order valence-corrected chi connectivity index (χ0v) is 18.8. The summed E-state index contributed by atoms with van der Waals surface area (Å²) in [6.45, 7) is 6.07. The van der Waals surface area contributed by atoms with Gasteiger partial charge in [-0.1, -0.05) is 30.3 Å². The number of ether oxygens (including phenoxy) is 2. The molecule has 2 fully saturated rings. The van der Waals surface area contributed by atoms with Crippen LogP contribution in [0.2, 0.25) is 0 Å². The fraction of sp³-hybridized carbons (Fsp3) is 0.667. The minimum Gasteiger partial charge on any atom is -0.449 e. The van der Waals surface area contributed by atoms with Crippen LogP contribution >= 0.6 is 0 Å². The Morgan fingerprint density at radius 1 is 1.16 bits per heavy atom. The molecule has 0 spiro atoms. The standard InChI is InChI=1S/C24H37N3O4.H2/c1-3-25-23(28)27-15-7-8-19(16-27)17-30-24(29)26-18(2)31-22-13-11-21(12-14-22)20-9-5-4-6-10-20;/h4-6,9-10,18-19,21-22H,3,7-8,11-17H2,1-2H3,(H,25,28)(H,26,29);1H. The second-order valence-corrected chi connectivity index (χ2v) is 8.70. The first-order valence-electron chi connectivity index (χ1n) is 11.7. The molecule has 2 N–H and O–H groups in total. The summed E-state index contributed by atoms with van der Waals surface area (Å²) in [5, 5.41) is 5.62. The topological polar surface area (TPSA) is 79.9 Å². The molecule has 1 aromatic carbocycles. The normalized spacial score (nSPS) is 24.8. The van der Waals surface area contributed by atoms with Crippen molar-refractivity contribution in [1.29, 1.82) is 0 Å². The van der Waals surface area contributed by atoms with E-state index in [4.69, 9.17) is 9.47 Å². The lowest BCUT2D eigenvalue weighted by molar-refractivity contribution is -0.0382. The molecule has 1 aliphatic heterocycles. The number of carbonyl (C=O) groups excluding carboxylic acids is 2. The van der Waals surface area contributed by atoms with E-state index in [1.165, 1.54) is 5.56 Å². The molecule has 1 aliphatic carbocycles. The highest BCUT2D eigenvalue weighted by Gasteiger charge is 2.26. The second kappa shape index (κ2) is 11.9. The van der Waals surface area contributed by atoms with Crippen LogP contribution in [0.4, 0.5) is 9.59 Å². The molecule has 174 valence electrons. The molecule has 1 heterocycles. The summed E-state index contributed by atoms with van der Waals surface area (Å²) in [4.78, 5) is 26.0. The second-order valence-electron chi connectivity index (χ2n) is 8.70. The number of hydrogen-bond acceptors (Lipinski definition) is 4. The van der Waals surface area contributed by atoms with E-state index in [0.29, 0.717) is 25.6 Å². The van der Waals surface area contributed by atoms with Gasteiger partial charge in [-0.3, -0.25) is 5.32 Å². The Morgan fingerprint density at radius 2 is 1.90 bits per heavy atom. The molecule has 0 radical (unpaired) electrons. The van der Waals surface area contributed by atoms with Crippen LogP contribution in [-0.2, 0) is 9.47 Å². The average Bonchev–Trinajstić information content (AvgIpc) is 2.79. The molecule has 7 heteroatoms. The summed E-state index contributed by atoms with van der Waals surface area (Å²) in [7, 11) is 0. The van der Waals surface area contributed by atoms with Crippen molar-refractivity contribution in [1.82, 2.24) is 15.5 Å². The van der Waals surface area contributed by atoms with Gasteiger partial charge in [0.25, 0.3) is 0 Å². The minimum absolute atomic E-state index is 0. The first-order valence-corrected chi connectivity index (χ1v) is 11.7. The van der Waals surface area contributed by atoms with Crippen LogP contribution in [0, 0.1) is 5.92 Å². The molecule has 31 heavy (non-hydrogen) atoms. The van der Waals surface area contributed by atoms with Crippen LogP contribution in [0.1, 0.15) is 65.3 Å². The van der Waals surface area contributed by atoms with Crippen molar-refractivity contribution < 1.29 is 20.5 Å². The number of amides is 3. The molecule has 1 aromatic rings. The van der Waals surface area contributed by atoms with E-state index in [9.17, 15) is 9.59 Å². The smallest absolute Gasteiger partial charge is 0.409 e. The van der Waals surface area contributed by atoms with E-state index in [1.807, 2.05) is 13.8 Å². The quantitative estimate of drug-likeness (QED) is 0.621. The fourth-order valence-electron chi connectivity index (χ4n) is 4.63. The Kier molecular flexibility index (Phi) is 9.00. The van der Waals surface area contributed by atoms with Crippen LogP contribution in [0.3, 0.4) is 0 Å². The molecular weight excluding hydrogens is 394 g/mol. The van der Waals surface area contributed by atoms with Gasteiger partial charge in [0.1, 0.15) is 6.23 Å². The first-order chi connectivity index (χ1) is 15.0. The summed E-state index contributed by atoms with van der Waals surface area (Å²) < 4.78 is 11.5. The minimum atomic E-state index is -0.458. The lowest BCUT2D eigenvalue weighted by atomic mass is 9.83. The summed E-state index contributed by atoms with van der Waals surface area (Å²) >= 11 is 0. The third-order valence-corrected chi connectivity index (χ3v) is 6.25. The molecule has 1 saturated carbocycles. The van der Waals surface area contributed by atoms with Crippen LogP contribution in [0.25, 0.3) is 0 Å². The molecule has 0 bridgehead atoms. The Bertz CT molecular complexity index is 698. The summed E-state index contributed by atoms with van der Waals surface area (Å²) in [5.41, 5.74) is 1.41. The van der Waals surface area contributed by atoms with Gasteiger partial charge >= 0.3 is 12.1 Å². The lowest BCUT2D eigenvalue weighted by Crippen LogP contribution is -2.46. The number of piperidine rings is 1. The zero-order chi connectivity index (χ0) is 22.1. The van der Waals surface area contributed by atoms with Crippen molar-refractivity contribution in [3.63, 3.8) is 0 Å². The van der Waals surface area contributed by atoms with E-state index in [1.54, 1.807) is 4.90 Å². The van der Waals surface area contributed by atoms with Crippen LogP contribution < -0.4 is 10.6 Å². The number of carbonyl (C=O) groups is 2. The van der Waals surface area contributed by atoms with Gasteiger partial charge in [0.05, 0.1) is 12.7 Å². The van der Waals surface area contributed by atoms with Gasteiger partial charge in [-0.15, -0.1) is 0 Å². The van der Waals surface area contributed by atoms with Gasteiger partial charge in [-0.05, 0) is 63.9 Å². The van der Waals surface area contributed by atoms with Crippen molar-refractivity contribution in [2.75, 3.05) is 26.2 Å². The average molecular weight is 434 g/mol. The maximum atomic E-state index is 12.2. The Morgan fingerprint density at radius 3 is 2.61 bits per heavy atom. The van der Waals surface area contributed by atoms with E-state index < -0.39 is 6.09 Å². The fourth-order valence-corrected chi connectivity index (χ4v) is 4.63. The zero-order valence-electron chi connectivity index (χ0n) is 18.8. The summed E-state index contributed by atoms with van der Waals surface area (Å²) in [6, 6.07) is 10.6. The predicted molar refractivity (Wildman–Crippen MR) is 122 cm³/mol. The third kappa shape index (κ3) is 7.42. The SMILES string of the molecule is CCNC(=O)N1CCCC(COC(=O)NC(C)OC2CCC(c3ccccc3)CC2)C1.[HH]. The van der Waals surface area contributed by atoms with Gasteiger partial charge in [0.2, 0.25) is 0 Å². The molecule has 2 aliphatic rings. The van der Waals surface area contributed by atoms with Crippen molar-refractivity contribution in [2.45, 2.75) is 70.6 Å². The number of likely N-dealkylation sites (tertiary alicyclic amines) is 1. The lowest BCUT2D eigenvalue weighted by Gasteiger charge is -2.32. The van der Waals surface area contributed by atoms with Crippen molar-refractivity contribution >= 4 is 12.1 Å². The Labute approximate surface area is 187 Å². The number of nitrogens with zero attached hydrogens (tertiary/aromatic N) is 1.